The number of hydrogen-bond donors (Lipinski definition) is 4. The smallest absolute Gasteiger partial charge is 0.301 e. The first-order valence-corrected chi connectivity index (χ1v) is 12.8. The summed E-state index contributed by atoms with van der Waals surface area (Å²) < 4.78 is 39.2. The largest absolute Gasteiger partial charge is 0.506 e. The van der Waals surface area contributed by atoms with Crippen molar-refractivity contribution in [2.75, 3.05) is 38.5 Å². The minimum Gasteiger partial charge on any atom is -0.506 e. The van der Waals surface area contributed by atoms with Crippen molar-refractivity contribution in [1.82, 2.24) is 9.62 Å². The van der Waals surface area contributed by atoms with Crippen molar-refractivity contribution in [2.45, 2.75) is 31.8 Å². The highest BCUT2D eigenvalue weighted by Crippen LogP contribution is 2.33. The Bertz CT molecular complexity index is 1260. The highest BCUT2D eigenvalue weighted by Gasteiger charge is 2.19. The van der Waals surface area contributed by atoms with E-state index in [2.05, 4.69) is 16.1 Å². The van der Waals surface area contributed by atoms with Crippen LogP contribution in [0.15, 0.2) is 40.8 Å². The number of aromatic hydroxyl groups is 1. The molecule has 11 heteroatoms. The van der Waals surface area contributed by atoms with Gasteiger partial charge in [-0.3, -0.25) is 4.72 Å². The number of aliphatic hydroxyl groups is 1. The zero-order valence-electron chi connectivity index (χ0n) is 19.8. The molecule has 0 saturated carbocycles. The number of nitrogens with one attached hydrogen (secondary N) is 2. The van der Waals surface area contributed by atoms with Crippen molar-refractivity contribution in [3.8, 4) is 11.5 Å². The van der Waals surface area contributed by atoms with Crippen molar-refractivity contribution in [1.29, 1.82) is 0 Å². The Labute approximate surface area is 211 Å². The summed E-state index contributed by atoms with van der Waals surface area (Å²) in [7, 11) is -1.02. The number of phenolic OH excluding ortho intramolecular Hbond substituents is 1. The Morgan fingerprint density at radius 1 is 1.14 bits per heavy atom. The topological polar surface area (TPSA) is 124 Å². The van der Waals surface area contributed by atoms with Crippen molar-refractivity contribution in [3.63, 3.8) is 0 Å². The van der Waals surface area contributed by atoms with Gasteiger partial charge in [-0.05, 0) is 49.1 Å². The fourth-order valence-electron chi connectivity index (χ4n) is 4.00. The third-order valence-corrected chi connectivity index (χ3v) is 7.38. The minimum atomic E-state index is -3.78. The maximum atomic E-state index is 12.0. The summed E-state index contributed by atoms with van der Waals surface area (Å²) in [5.74, 6) is 1.61. The van der Waals surface area contributed by atoms with E-state index in [4.69, 9.17) is 9.15 Å². The highest BCUT2D eigenvalue weighted by atomic mass is 35.5. The monoisotopic (exact) mass is 525 g/mol. The molecule has 0 aliphatic heterocycles. The third kappa shape index (κ3) is 6.39. The van der Waals surface area contributed by atoms with Crippen LogP contribution in [0, 0.1) is 0 Å². The van der Waals surface area contributed by atoms with Crippen LogP contribution >= 0.6 is 12.4 Å². The van der Waals surface area contributed by atoms with E-state index in [1.54, 1.807) is 6.07 Å². The number of nitrogens with zero attached hydrogens (tertiary/aromatic N) is 1. The van der Waals surface area contributed by atoms with Gasteiger partial charge < -0.3 is 24.7 Å². The van der Waals surface area contributed by atoms with E-state index >= 15 is 0 Å². The standard InChI is InChI=1S/C24H31N3O6S.ClH/c1-27(2)34(30,31)26-20-13-16(7-10-21(20)28)22(29)15-25-11-12-32-17-8-9-19-18-5-3-4-6-23(18)33-24(19)14-17;/h7-10,13-14,22,25-26,28-29H,3-6,11-12,15H2,1-2H3;1H/t22-;/m1./s1. The number of benzene rings is 2. The molecule has 35 heavy (non-hydrogen) atoms. The fraction of sp³-hybridized carbons (Fsp3) is 0.417. The van der Waals surface area contributed by atoms with Crippen LogP contribution in [0.2, 0.25) is 0 Å². The van der Waals surface area contributed by atoms with Crippen LogP contribution in [0.1, 0.15) is 35.8 Å². The van der Waals surface area contributed by atoms with Gasteiger partial charge in [0.25, 0.3) is 0 Å². The molecule has 1 atom stereocenters. The van der Waals surface area contributed by atoms with Gasteiger partial charge in [-0.25, -0.2) is 0 Å². The number of halogens is 1. The van der Waals surface area contributed by atoms with E-state index in [1.807, 2.05) is 12.1 Å². The molecule has 0 spiro atoms. The predicted molar refractivity (Wildman–Crippen MR) is 138 cm³/mol. The molecule has 4 rings (SSSR count). The van der Waals surface area contributed by atoms with Crippen molar-refractivity contribution in [3.05, 3.63) is 53.3 Å². The van der Waals surface area contributed by atoms with E-state index in [-0.39, 0.29) is 30.4 Å². The van der Waals surface area contributed by atoms with Gasteiger partial charge in [0.15, 0.2) is 0 Å². The number of ether oxygens (including phenoxy) is 1. The quantitative estimate of drug-likeness (QED) is 0.236. The number of anilines is 1. The van der Waals surface area contributed by atoms with Crippen molar-refractivity contribution < 1.29 is 27.8 Å². The van der Waals surface area contributed by atoms with Crippen LogP contribution in [0.4, 0.5) is 5.69 Å². The number of aliphatic hydroxyl groups excluding tert-OH is 1. The summed E-state index contributed by atoms with van der Waals surface area (Å²) in [5.41, 5.74) is 2.66. The first-order chi connectivity index (χ1) is 16.2. The Morgan fingerprint density at radius 3 is 2.69 bits per heavy atom. The molecular formula is C24H32ClN3O6S. The number of hydrogen-bond acceptors (Lipinski definition) is 7. The molecule has 0 bridgehead atoms. The Kier molecular flexibility index (Phi) is 8.89. The van der Waals surface area contributed by atoms with Crippen LogP contribution in [-0.4, -0.2) is 56.7 Å². The molecule has 0 fully saturated rings. The van der Waals surface area contributed by atoms with Crippen LogP contribution in [-0.2, 0) is 23.1 Å². The van der Waals surface area contributed by atoms with E-state index in [0.717, 1.165) is 34.2 Å². The van der Waals surface area contributed by atoms with E-state index in [9.17, 15) is 18.6 Å². The second kappa shape index (κ2) is 11.5. The normalized spacial score (nSPS) is 14.4. The number of rotatable bonds is 10. The van der Waals surface area contributed by atoms with Crippen LogP contribution < -0.4 is 14.8 Å². The summed E-state index contributed by atoms with van der Waals surface area (Å²) in [6.45, 7) is 1.14. The van der Waals surface area contributed by atoms with Crippen LogP contribution in [0.3, 0.4) is 0 Å². The molecule has 3 aromatic rings. The summed E-state index contributed by atoms with van der Waals surface area (Å²) in [5, 5.41) is 24.7. The zero-order chi connectivity index (χ0) is 24.3. The average molecular weight is 526 g/mol. The maximum Gasteiger partial charge on any atom is 0.301 e. The molecular weight excluding hydrogens is 494 g/mol. The molecule has 1 aromatic heterocycles. The predicted octanol–water partition coefficient (Wildman–Crippen LogP) is 3.36. The highest BCUT2D eigenvalue weighted by molar-refractivity contribution is 7.90. The van der Waals surface area contributed by atoms with E-state index in [0.29, 0.717) is 18.7 Å². The van der Waals surface area contributed by atoms with Gasteiger partial charge in [0.05, 0.1) is 11.8 Å². The molecule has 0 radical (unpaired) electrons. The van der Waals surface area contributed by atoms with Gasteiger partial charge in [0.1, 0.15) is 29.4 Å². The van der Waals surface area contributed by atoms with Gasteiger partial charge in [-0.2, -0.15) is 12.7 Å². The van der Waals surface area contributed by atoms with Gasteiger partial charge in [0, 0.05) is 50.6 Å². The number of fused-ring (bicyclic) bond motifs is 3. The number of aryl methyl sites for hydroxylation is 2. The Balaban J connectivity index is 0.00000342. The lowest BCUT2D eigenvalue weighted by atomic mass is 9.96. The third-order valence-electron chi connectivity index (χ3n) is 5.94. The number of furan rings is 1. The minimum absolute atomic E-state index is 0. The lowest BCUT2D eigenvalue weighted by molar-refractivity contribution is 0.172. The summed E-state index contributed by atoms with van der Waals surface area (Å²) >= 11 is 0. The SMILES string of the molecule is CN(C)S(=O)(=O)Nc1cc([C@H](O)CNCCOc2ccc3c4c(oc3c2)CCCC4)ccc1O.Cl. The second-order valence-electron chi connectivity index (χ2n) is 8.60. The van der Waals surface area contributed by atoms with Crippen LogP contribution in [0.25, 0.3) is 11.0 Å². The van der Waals surface area contributed by atoms with Crippen LogP contribution in [0.5, 0.6) is 11.5 Å². The van der Waals surface area contributed by atoms with Crippen molar-refractivity contribution in [2.24, 2.45) is 0 Å². The molecule has 0 amide bonds. The lowest BCUT2D eigenvalue weighted by Gasteiger charge is -2.17. The van der Waals surface area contributed by atoms with Gasteiger partial charge in [-0.1, -0.05) is 6.07 Å². The Morgan fingerprint density at radius 2 is 1.91 bits per heavy atom. The average Bonchev–Trinajstić information content (AvgIpc) is 3.17. The molecule has 0 unspecified atom stereocenters. The first kappa shape index (κ1) is 27.1. The second-order valence-corrected chi connectivity index (χ2v) is 10.5. The van der Waals surface area contributed by atoms with E-state index < -0.39 is 16.3 Å². The molecule has 9 nitrogen and oxygen atoms in total. The zero-order valence-corrected chi connectivity index (χ0v) is 21.4. The molecule has 0 saturated heterocycles. The van der Waals surface area contributed by atoms with Crippen molar-refractivity contribution >= 4 is 39.3 Å². The lowest BCUT2D eigenvalue weighted by Crippen LogP contribution is -2.29. The molecule has 1 aliphatic rings. The maximum absolute atomic E-state index is 12.0. The summed E-state index contributed by atoms with van der Waals surface area (Å²) in [4.78, 5) is 0. The summed E-state index contributed by atoms with van der Waals surface area (Å²) in [6.07, 6.45) is 3.54. The molecule has 1 heterocycles. The van der Waals surface area contributed by atoms with Gasteiger partial charge >= 0.3 is 10.2 Å². The first-order valence-electron chi connectivity index (χ1n) is 11.3. The molecule has 2 aromatic carbocycles. The molecule has 1 aliphatic carbocycles. The van der Waals surface area contributed by atoms with Gasteiger partial charge in [-0.15, -0.1) is 12.4 Å². The summed E-state index contributed by atoms with van der Waals surface area (Å²) in [6, 6.07) is 10.2. The number of phenols is 1. The Hall–Kier alpha value is -2.50. The van der Waals surface area contributed by atoms with E-state index in [1.165, 1.54) is 50.0 Å². The molecule has 4 N–H and O–H groups in total. The fourth-order valence-corrected chi connectivity index (χ4v) is 4.63. The molecule has 192 valence electrons. The van der Waals surface area contributed by atoms with Gasteiger partial charge in [0.2, 0.25) is 0 Å².